The van der Waals surface area contributed by atoms with Gasteiger partial charge in [0.1, 0.15) is 5.75 Å². The maximum absolute atomic E-state index is 14.0. The van der Waals surface area contributed by atoms with Crippen molar-refractivity contribution in [1.29, 1.82) is 0 Å². The number of amides is 1. The van der Waals surface area contributed by atoms with Gasteiger partial charge in [-0.1, -0.05) is 49.7 Å². The van der Waals surface area contributed by atoms with Crippen molar-refractivity contribution in [3.63, 3.8) is 0 Å². The van der Waals surface area contributed by atoms with Crippen LogP contribution in [0.15, 0.2) is 72.8 Å². The van der Waals surface area contributed by atoms with Crippen LogP contribution in [0.3, 0.4) is 0 Å². The molecular formula is C33H38N2O6. The van der Waals surface area contributed by atoms with Crippen molar-refractivity contribution < 1.29 is 28.5 Å². The number of rotatable bonds is 11. The minimum absolute atomic E-state index is 0.00268. The number of carbonyl (C=O) groups excluding carboxylic acids is 2. The molecule has 2 aliphatic rings. The first kappa shape index (κ1) is 28.5. The first-order valence-corrected chi connectivity index (χ1v) is 14.3. The average molecular weight is 559 g/mol. The van der Waals surface area contributed by atoms with E-state index >= 15 is 0 Å². The Kier molecular flexibility index (Phi) is 9.09. The number of methoxy groups -OCH3 is 1. The van der Waals surface area contributed by atoms with Crippen LogP contribution in [-0.2, 0) is 14.3 Å². The molecule has 0 saturated carbocycles. The molecule has 0 radical (unpaired) electrons. The molecule has 216 valence electrons. The average Bonchev–Trinajstić information content (AvgIpc) is 3.62. The van der Waals surface area contributed by atoms with E-state index in [1.807, 2.05) is 84.6 Å². The summed E-state index contributed by atoms with van der Waals surface area (Å²) in [5, 5.41) is 0. The molecule has 1 fully saturated rings. The first-order valence-electron chi connectivity index (χ1n) is 14.3. The molecule has 3 aromatic carbocycles. The molecule has 2 heterocycles. The summed E-state index contributed by atoms with van der Waals surface area (Å²) in [6.07, 6.45) is 1.87. The zero-order valence-electron chi connectivity index (χ0n) is 24.0. The van der Waals surface area contributed by atoms with E-state index < -0.39 is 5.92 Å². The number of anilines is 1. The van der Waals surface area contributed by atoms with Gasteiger partial charge in [0, 0.05) is 30.7 Å². The molecular weight excluding hydrogens is 520 g/mol. The molecule has 5 rings (SSSR count). The predicted octanol–water partition coefficient (Wildman–Crippen LogP) is 5.58. The Morgan fingerprint density at radius 1 is 0.951 bits per heavy atom. The molecule has 8 nitrogen and oxygen atoms in total. The fraction of sp³-hybridized carbons (Fsp3) is 0.394. The van der Waals surface area contributed by atoms with Crippen LogP contribution in [0.1, 0.15) is 49.8 Å². The van der Waals surface area contributed by atoms with Crippen LogP contribution in [0.25, 0.3) is 0 Å². The number of ether oxygens (including phenoxy) is 4. The lowest BCUT2D eigenvalue weighted by Crippen LogP contribution is -2.41. The molecule has 0 spiro atoms. The van der Waals surface area contributed by atoms with Crippen molar-refractivity contribution >= 4 is 17.6 Å². The van der Waals surface area contributed by atoms with Gasteiger partial charge in [-0.05, 0) is 60.9 Å². The van der Waals surface area contributed by atoms with E-state index in [1.165, 1.54) is 0 Å². The molecule has 1 amide bonds. The minimum atomic E-state index is -0.530. The van der Waals surface area contributed by atoms with Gasteiger partial charge in [0.05, 0.1) is 26.2 Å². The molecule has 0 bridgehead atoms. The molecule has 2 aliphatic heterocycles. The van der Waals surface area contributed by atoms with E-state index in [4.69, 9.17) is 18.9 Å². The number of nitrogens with zero attached hydrogens (tertiary/aromatic N) is 2. The zero-order valence-corrected chi connectivity index (χ0v) is 24.0. The summed E-state index contributed by atoms with van der Waals surface area (Å²) >= 11 is 0. The van der Waals surface area contributed by atoms with Gasteiger partial charge < -0.3 is 23.8 Å². The van der Waals surface area contributed by atoms with E-state index in [1.54, 1.807) is 7.11 Å². The highest BCUT2D eigenvalue weighted by atomic mass is 16.7. The molecule has 3 atom stereocenters. The standard InChI is InChI=1S/C33H38N2O6/c1-4-6-18-35(25-10-8-7-9-11-25)30(36)21-34-20-27(24-14-17-28-29(19-24)41-22-40-28)31(33(37)39-5-2)32(34)23-12-15-26(38-3)16-13-23/h7-17,19,27,31-32H,4-6,18,20-22H2,1-3H3/t27-,31-,32+/m1/s1. The normalized spacial score (nSPS) is 19.6. The van der Waals surface area contributed by atoms with Crippen LogP contribution in [0.5, 0.6) is 17.2 Å². The third kappa shape index (κ3) is 6.17. The monoisotopic (exact) mass is 558 g/mol. The molecule has 1 saturated heterocycles. The Bertz CT molecular complexity index is 1330. The number of likely N-dealkylation sites (tertiary alicyclic amines) is 1. The van der Waals surface area contributed by atoms with E-state index in [9.17, 15) is 9.59 Å². The van der Waals surface area contributed by atoms with Crippen molar-refractivity contribution in [2.24, 2.45) is 5.92 Å². The second-order valence-electron chi connectivity index (χ2n) is 10.4. The van der Waals surface area contributed by atoms with Crippen molar-refractivity contribution in [3.8, 4) is 17.2 Å². The fourth-order valence-corrected chi connectivity index (χ4v) is 5.88. The number of benzene rings is 3. The van der Waals surface area contributed by atoms with Gasteiger partial charge in [-0.25, -0.2) is 0 Å². The molecule has 0 unspecified atom stereocenters. The van der Waals surface area contributed by atoms with E-state index in [2.05, 4.69) is 11.8 Å². The summed E-state index contributed by atoms with van der Waals surface area (Å²) < 4.78 is 22.2. The SMILES string of the molecule is CCCCN(C(=O)CN1C[C@H](c2ccc3c(c2)OCO3)[C@@H](C(=O)OCC)[C@@H]1c1ccc(OC)cc1)c1ccccc1. The quantitative estimate of drug-likeness (QED) is 0.285. The molecule has 3 aromatic rings. The van der Waals surface area contributed by atoms with E-state index in [-0.39, 0.29) is 43.8 Å². The first-order chi connectivity index (χ1) is 20.0. The lowest BCUT2D eigenvalue weighted by Gasteiger charge is -2.30. The highest BCUT2D eigenvalue weighted by molar-refractivity contribution is 5.95. The molecule has 41 heavy (non-hydrogen) atoms. The van der Waals surface area contributed by atoms with Gasteiger partial charge >= 0.3 is 5.97 Å². The van der Waals surface area contributed by atoms with Gasteiger partial charge in [-0.3, -0.25) is 14.5 Å². The van der Waals surface area contributed by atoms with Gasteiger partial charge in [0.25, 0.3) is 0 Å². The predicted molar refractivity (Wildman–Crippen MR) is 156 cm³/mol. The zero-order chi connectivity index (χ0) is 28.8. The van der Waals surface area contributed by atoms with Crippen molar-refractivity contribution in [3.05, 3.63) is 83.9 Å². The van der Waals surface area contributed by atoms with Crippen LogP contribution in [0.4, 0.5) is 5.69 Å². The number of hydrogen-bond acceptors (Lipinski definition) is 7. The highest BCUT2D eigenvalue weighted by Crippen LogP contribution is 2.48. The molecule has 0 aliphatic carbocycles. The lowest BCUT2D eigenvalue weighted by atomic mass is 9.82. The maximum atomic E-state index is 14.0. The summed E-state index contributed by atoms with van der Waals surface area (Å²) in [6.45, 7) is 5.68. The number of para-hydroxylation sites is 1. The molecule has 0 aromatic heterocycles. The number of esters is 1. The Labute approximate surface area is 241 Å². The number of unbranched alkanes of at least 4 members (excludes halogenated alkanes) is 1. The van der Waals surface area contributed by atoms with Gasteiger partial charge in [-0.15, -0.1) is 0 Å². The number of carbonyl (C=O) groups is 2. The Morgan fingerprint density at radius 3 is 2.39 bits per heavy atom. The topological polar surface area (TPSA) is 77.5 Å². The minimum Gasteiger partial charge on any atom is -0.497 e. The largest absolute Gasteiger partial charge is 0.497 e. The lowest BCUT2D eigenvalue weighted by molar-refractivity contribution is -0.149. The summed E-state index contributed by atoms with van der Waals surface area (Å²) in [7, 11) is 1.63. The van der Waals surface area contributed by atoms with Crippen molar-refractivity contribution in [2.45, 2.75) is 38.6 Å². The van der Waals surface area contributed by atoms with E-state index in [0.29, 0.717) is 24.6 Å². The van der Waals surface area contributed by atoms with Gasteiger partial charge in [0.15, 0.2) is 11.5 Å². The van der Waals surface area contributed by atoms with Crippen LogP contribution in [0.2, 0.25) is 0 Å². The highest BCUT2D eigenvalue weighted by Gasteiger charge is 2.49. The smallest absolute Gasteiger partial charge is 0.311 e. The second-order valence-corrected chi connectivity index (χ2v) is 10.4. The summed E-state index contributed by atoms with van der Waals surface area (Å²) in [4.78, 5) is 31.7. The summed E-state index contributed by atoms with van der Waals surface area (Å²) in [6, 6.07) is 23.0. The summed E-state index contributed by atoms with van der Waals surface area (Å²) in [5.41, 5.74) is 2.76. The summed E-state index contributed by atoms with van der Waals surface area (Å²) in [5.74, 6) is 1.04. The van der Waals surface area contributed by atoms with Crippen molar-refractivity contribution in [2.75, 3.05) is 45.0 Å². The number of fused-ring (bicyclic) bond motifs is 1. The van der Waals surface area contributed by atoms with Crippen LogP contribution in [-0.4, -0.2) is 56.9 Å². The van der Waals surface area contributed by atoms with E-state index in [0.717, 1.165) is 35.4 Å². The Hall–Kier alpha value is -4.04. The maximum Gasteiger partial charge on any atom is 0.311 e. The second kappa shape index (κ2) is 13.1. The van der Waals surface area contributed by atoms with Crippen molar-refractivity contribution in [1.82, 2.24) is 4.90 Å². The van der Waals surface area contributed by atoms with Crippen LogP contribution in [0, 0.1) is 5.92 Å². The third-order valence-corrected chi connectivity index (χ3v) is 7.88. The molecule has 8 heteroatoms. The Morgan fingerprint density at radius 2 is 1.68 bits per heavy atom. The van der Waals surface area contributed by atoms with Crippen LogP contribution < -0.4 is 19.1 Å². The molecule has 0 N–H and O–H groups in total. The number of hydrogen-bond donors (Lipinski definition) is 0. The third-order valence-electron chi connectivity index (χ3n) is 7.88. The van der Waals surface area contributed by atoms with Crippen LogP contribution >= 0.6 is 0 Å². The fourth-order valence-electron chi connectivity index (χ4n) is 5.88. The van der Waals surface area contributed by atoms with Gasteiger partial charge in [0.2, 0.25) is 12.7 Å². The van der Waals surface area contributed by atoms with Gasteiger partial charge in [-0.2, -0.15) is 0 Å². The Balaban J connectivity index is 1.53.